The molecule has 0 heterocycles. The molecule has 1 N–H and O–H groups in total. The van der Waals surface area contributed by atoms with Gasteiger partial charge in [-0.1, -0.05) is 11.6 Å². The topological polar surface area (TPSA) is 29.1 Å². The zero-order valence-corrected chi connectivity index (χ0v) is 8.07. The van der Waals surface area contributed by atoms with Crippen LogP contribution in [-0.2, 0) is 4.79 Å². The molecule has 0 aromatic rings. The molecule has 0 saturated heterocycles. The Morgan fingerprint density at radius 2 is 2.50 bits per heavy atom. The minimum absolute atomic E-state index is 0.0249. The second-order valence-electron chi connectivity index (χ2n) is 3.01. The first-order valence-electron chi connectivity index (χ1n) is 4.38. The third kappa shape index (κ3) is 3.30. The highest BCUT2D eigenvalue weighted by Gasteiger charge is 2.04. The van der Waals surface area contributed by atoms with Crippen molar-refractivity contribution in [3.63, 3.8) is 0 Å². The minimum atomic E-state index is 0.0249. The fourth-order valence-corrected chi connectivity index (χ4v) is 1.49. The van der Waals surface area contributed by atoms with Crippen molar-refractivity contribution < 1.29 is 4.79 Å². The standard InChI is InChI=1S/C9H15NOS/c11-9(7-12)10-6-5-8-3-1-2-4-8/h3,12H,1-2,4-7H2,(H,10,11). The Morgan fingerprint density at radius 3 is 3.08 bits per heavy atom. The number of thiol groups is 1. The Kier molecular flexibility index (Phi) is 4.22. The molecule has 0 radical (unpaired) electrons. The van der Waals surface area contributed by atoms with E-state index in [1.54, 1.807) is 0 Å². The van der Waals surface area contributed by atoms with Crippen molar-refractivity contribution in [2.24, 2.45) is 0 Å². The van der Waals surface area contributed by atoms with Crippen LogP contribution < -0.4 is 5.32 Å². The van der Waals surface area contributed by atoms with Gasteiger partial charge in [-0.05, 0) is 25.7 Å². The van der Waals surface area contributed by atoms with Gasteiger partial charge in [0.05, 0.1) is 5.75 Å². The number of amides is 1. The highest BCUT2D eigenvalue weighted by atomic mass is 32.1. The molecule has 0 unspecified atom stereocenters. The largest absolute Gasteiger partial charge is 0.355 e. The van der Waals surface area contributed by atoms with Crippen LogP contribution in [0, 0.1) is 0 Å². The number of hydrogen-bond acceptors (Lipinski definition) is 2. The molecular weight excluding hydrogens is 170 g/mol. The van der Waals surface area contributed by atoms with E-state index in [0.717, 1.165) is 13.0 Å². The van der Waals surface area contributed by atoms with E-state index < -0.39 is 0 Å². The summed E-state index contributed by atoms with van der Waals surface area (Å²) in [5.41, 5.74) is 1.49. The van der Waals surface area contributed by atoms with Crippen LogP contribution in [-0.4, -0.2) is 18.2 Å². The van der Waals surface area contributed by atoms with Crippen LogP contribution in [0.4, 0.5) is 0 Å². The summed E-state index contributed by atoms with van der Waals surface area (Å²) in [7, 11) is 0. The molecule has 1 aliphatic rings. The summed E-state index contributed by atoms with van der Waals surface area (Å²) in [5.74, 6) is 0.316. The highest BCUT2D eigenvalue weighted by Crippen LogP contribution is 2.19. The zero-order chi connectivity index (χ0) is 8.81. The number of rotatable bonds is 4. The summed E-state index contributed by atoms with van der Waals surface area (Å²) in [5, 5.41) is 2.80. The van der Waals surface area contributed by atoms with E-state index in [4.69, 9.17) is 0 Å². The molecule has 1 rings (SSSR count). The molecule has 0 bridgehead atoms. The van der Waals surface area contributed by atoms with Gasteiger partial charge in [0.2, 0.25) is 5.91 Å². The molecule has 0 aromatic carbocycles. The second-order valence-corrected chi connectivity index (χ2v) is 3.33. The maximum atomic E-state index is 10.8. The molecule has 1 aliphatic carbocycles. The first kappa shape index (κ1) is 9.65. The summed E-state index contributed by atoms with van der Waals surface area (Å²) in [6.07, 6.45) is 7.02. The number of allylic oxidation sites excluding steroid dienone is 1. The van der Waals surface area contributed by atoms with Crippen LogP contribution in [0.25, 0.3) is 0 Å². The SMILES string of the molecule is O=C(CS)NCCC1=CCCC1. The van der Waals surface area contributed by atoms with Crippen LogP contribution in [0.15, 0.2) is 11.6 Å². The van der Waals surface area contributed by atoms with Gasteiger partial charge in [0.15, 0.2) is 0 Å². The fraction of sp³-hybridized carbons (Fsp3) is 0.667. The molecule has 2 nitrogen and oxygen atoms in total. The zero-order valence-electron chi connectivity index (χ0n) is 7.18. The van der Waals surface area contributed by atoms with Crippen molar-refractivity contribution in [2.75, 3.05) is 12.3 Å². The van der Waals surface area contributed by atoms with Crippen molar-refractivity contribution in [3.8, 4) is 0 Å². The normalized spacial score (nSPS) is 15.9. The Morgan fingerprint density at radius 1 is 1.67 bits per heavy atom. The quantitative estimate of drug-likeness (QED) is 0.505. The molecule has 0 aliphatic heterocycles. The van der Waals surface area contributed by atoms with Gasteiger partial charge < -0.3 is 5.32 Å². The molecule has 0 saturated carbocycles. The lowest BCUT2D eigenvalue weighted by molar-refractivity contribution is -0.118. The lowest BCUT2D eigenvalue weighted by atomic mass is 10.2. The molecular formula is C9H15NOS. The van der Waals surface area contributed by atoms with Crippen LogP contribution in [0.5, 0.6) is 0 Å². The summed E-state index contributed by atoms with van der Waals surface area (Å²) in [6, 6.07) is 0. The average Bonchev–Trinajstić information content (AvgIpc) is 2.57. The highest BCUT2D eigenvalue weighted by molar-refractivity contribution is 7.81. The smallest absolute Gasteiger partial charge is 0.229 e. The van der Waals surface area contributed by atoms with E-state index in [0.29, 0.717) is 5.75 Å². The lowest BCUT2D eigenvalue weighted by Gasteiger charge is -2.03. The summed E-state index contributed by atoms with van der Waals surface area (Å²) in [6.45, 7) is 0.769. The first-order valence-corrected chi connectivity index (χ1v) is 5.01. The number of carbonyl (C=O) groups is 1. The summed E-state index contributed by atoms with van der Waals surface area (Å²) < 4.78 is 0. The molecule has 68 valence electrons. The summed E-state index contributed by atoms with van der Waals surface area (Å²) >= 11 is 3.87. The van der Waals surface area contributed by atoms with E-state index in [9.17, 15) is 4.79 Å². The van der Waals surface area contributed by atoms with Crippen LogP contribution in [0.2, 0.25) is 0 Å². The van der Waals surface area contributed by atoms with Gasteiger partial charge in [0.25, 0.3) is 0 Å². The molecule has 0 atom stereocenters. The molecule has 0 spiro atoms. The molecule has 12 heavy (non-hydrogen) atoms. The average molecular weight is 185 g/mol. The maximum absolute atomic E-state index is 10.8. The van der Waals surface area contributed by atoms with E-state index in [-0.39, 0.29) is 5.91 Å². The van der Waals surface area contributed by atoms with Gasteiger partial charge in [0.1, 0.15) is 0 Å². The van der Waals surface area contributed by atoms with Gasteiger partial charge in [-0.3, -0.25) is 4.79 Å². The molecule has 0 aromatic heterocycles. The Labute approximate surface area is 78.8 Å². The van der Waals surface area contributed by atoms with Crippen molar-refractivity contribution in [1.29, 1.82) is 0 Å². The van der Waals surface area contributed by atoms with Gasteiger partial charge in [-0.25, -0.2) is 0 Å². The minimum Gasteiger partial charge on any atom is -0.355 e. The monoisotopic (exact) mass is 185 g/mol. The predicted molar refractivity (Wildman–Crippen MR) is 53.4 cm³/mol. The first-order chi connectivity index (χ1) is 5.83. The lowest BCUT2D eigenvalue weighted by Crippen LogP contribution is -2.25. The summed E-state index contributed by atoms with van der Waals surface area (Å²) in [4.78, 5) is 10.8. The van der Waals surface area contributed by atoms with E-state index in [2.05, 4.69) is 24.0 Å². The van der Waals surface area contributed by atoms with Gasteiger partial charge in [0, 0.05) is 6.54 Å². The third-order valence-corrected chi connectivity index (χ3v) is 2.33. The van der Waals surface area contributed by atoms with Crippen LogP contribution >= 0.6 is 12.6 Å². The Hall–Kier alpha value is -0.440. The van der Waals surface area contributed by atoms with E-state index >= 15 is 0 Å². The van der Waals surface area contributed by atoms with Crippen molar-refractivity contribution in [1.82, 2.24) is 5.32 Å². The second kappa shape index (κ2) is 5.25. The number of nitrogens with one attached hydrogen (secondary N) is 1. The Bertz CT molecular complexity index is 189. The van der Waals surface area contributed by atoms with Crippen molar-refractivity contribution in [2.45, 2.75) is 25.7 Å². The van der Waals surface area contributed by atoms with Crippen molar-refractivity contribution >= 4 is 18.5 Å². The number of carbonyl (C=O) groups excluding carboxylic acids is 1. The fourth-order valence-electron chi connectivity index (χ4n) is 1.38. The predicted octanol–water partition coefficient (Wildman–Crippen LogP) is 1.53. The van der Waals surface area contributed by atoms with E-state index in [1.807, 2.05) is 0 Å². The molecule has 0 fully saturated rings. The third-order valence-electron chi connectivity index (χ3n) is 2.05. The van der Waals surface area contributed by atoms with E-state index in [1.165, 1.54) is 24.8 Å². The maximum Gasteiger partial charge on any atom is 0.229 e. The Balaban J connectivity index is 2.05. The van der Waals surface area contributed by atoms with Crippen molar-refractivity contribution in [3.05, 3.63) is 11.6 Å². The van der Waals surface area contributed by atoms with Gasteiger partial charge in [-0.2, -0.15) is 12.6 Å². The van der Waals surface area contributed by atoms with Gasteiger partial charge >= 0.3 is 0 Å². The van der Waals surface area contributed by atoms with Gasteiger partial charge in [-0.15, -0.1) is 0 Å². The van der Waals surface area contributed by atoms with Crippen LogP contribution in [0.1, 0.15) is 25.7 Å². The number of hydrogen-bond donors (Lipinski definition) is 2. The molecule has 1 amide bonds. The molecule has 3 heteroatoms. The van der Waals surface area contributed by atoms with Crippen LogP contribution in [0.3, 0.4) is 0 Å².